The van der Waals surface area contributed by atoms with Gasteiger partial charge in [-0.15, -0.1) is 12.4 Å². The topological polar surface area (TPSA) is 82.1 Å². The largest absolute Gasteiger partial charge is 0.508 e. The van der Waals surface area contributed by atoms with Gasteiger partial charge in [0.15, 0.2) is 0 Å². The first kappa shape index (κ1) is 13.9. The van der Waals surface area contributed by atoms with Crippen molar-refractivity contribution in [2.75, 3.05) is 5.32 Å². The Morgan fingerprint density at radius 3 is 2.50 bits per heavy atom. The van der Waals surface area contributed by atoms with Gasteiger partial charge >= 0.3 is 0 Å². The van der Waals surface area contributed by atoms with Gasteiger partial charge in [0.05, 0.1) is 0 Å². The summed E-state index contributed by atoms with van der Waals surface area (Å²) in [6.45, 7) is 0. The third-order valence-electron chi connectivity index (χ3n) is 2.34. The number of anilines is 2. The molecule has 0 aromatic heterocycles. The van der Waals surface area contributed by atoms with Crippen LogP contribution in [0.25, 0.3) is 0 Å². The predicted molar refractivity (Wildman–Crippen MR) is 76.1 cm³/mol. The molecule has 18 heavy (non-hydrogen) atoms. The number of benzene rings is 2. The SMILES string of the molecule is Cl.N=C(N)c1ccccc1Nc1cccc(O)c1. The molecule has 0 bridgehead atoms. The Balaban J connectivity index is 0.00000162. The molecule has 0 unspecified atom stereocenters. The van der Waals surface area contributed by atoms with Crippen molar-refractivity contribution >= 4 is 29.6 Å². The van der Waals surface area contributed by atoms with E-state index in [9.17, 15) is 5.11 Å². The van der Waals surface area contributed by atoms with Crippen molar-refractivity contribution in [1.29, 1.82) is 5.41 Å². The van der Waals surface area contributed by atoms with Crippen LogP contribution in [0.15, 0.2) is 48.5 Å². The predicted octanol–water partition coefficient (Wildman–Crippen LogP) is 2.84. The Labute approximate surface area is 111 Å². The number of nitrogens with one attached hydrogen (secondary N) is 2. The van der Waals surface area contributed by atoms with Crippen LogP contribution >= 0.6 is 12.4 Å². The molecule has 0 fully saturated rings. The van der Waals surface area contributed by atoms with Crippen molar-refractivity contribution in [1.82, 2.24) is 0 Å². The summed E-state index contributed by atoms with van der Waals surface area (Å²) in [5.74, 6) is 0.198. The summed E-state index contributed by atoms with van der Waals surface area (Å²) in [6.07, 6.45) is 0. The van der Waals surface area contributed by atoms with Gasteiger partial charge in [-0.1, -0.05) is 18.2 Å². The number of amidine groups is 1. The molecule has 0 amide bonds. The molecule has 0 saturated heterocycles. The molecule has 0 radical (unpaired) electrons. The van der Waals surface area contributed by atoms with Gasteiger partial charge in [-0.2, -0.15) is 0 Å². The van der Waals surface area contributed by atoms with E-state index in [1.54, 1.807) is 24.3 Å². The van der Waals surface area contributed by atoms with Crippen LogP contribution in [0.4, 0.5) is 11.4 Å². The van der Waals surface area contributed by atoms with Gasteiger partial charge in [0.2, 0.25) is 0 Å². The van der Waals surface area contributed by atoms with E-state index in [1.165, 1.54) is 0 Å². The molecule has 4 nitrogen and oxygen atoms in total. The molecule has 0 aliphatic carbocycles. The van der Waals surface area contributed by atoms with E-state index in [0.717, 1.165) is 11.4 Å². The zero-order valence-corrected chi connectivity index (χ0v) is 10.4. The fourth-order valence-corrected chi connectivity index (χ4v) is 1.57. The van der Waals surface area contributed by atoms with Crippen LogP contribution in [-0.2, 0) is 0 Å². The minimum Gasteiger partial charge on any atom is -0.508 e. The molecule has 2 aromatic carbocycles. The van der Waals surface area contributed by atoms with Crippen molar-refractivity contribution in [3.05, 3.63) is 54.1 Å². The van der Waals surface area contributed by atoms with E-state index >= 15 is 0 Å². The maximum atomic E-state index is 9.36. The highest BCUT2D eigenvalue weighted by Gasteiger charge is 2.04. The lowest BCUT2D eigenvalue weighted by Crippen LogP contribution is -2.13. The smallest absolute Gasteiger partial charge is 0.124 e. The quantitative estimate of drug-likeness (QED) is 0.508. The molecule has 5 heteroatoms. The molecule has 2 aromatic rings. The van der Waals surface area contributed by atoms with Crippen LogP contribution in [0.1, 0.15) is 5.56 Å². The van der Waals surface area contributed by atoms with Crippen molar-refractivity contribution in [3.8, 4) is 5.75 Å². The fraction of sp³-hybridized carbons (Fsp3) is 0. The van der Waals surface area contributed by atoms with Crippen molar-refractivity contribution in [2.24, 2.45) is 5.73 Å². The molecular formula is C13H14ClN3O. The lowest BCUT2D eigenvalue weighted by molar-refractivity contribution is 0.475. The van der Waals surface area contributed by atoms with E-state index in [1.807, 2.05) is 24.3 Å². The molecule has 0 aliphatic rings. The maximum absolute atomic E-state index is 9.36. The highest BCUT2D eigenvalue weighted by Crippen LogP contribution is 2.22. The first-order valence-corrected chi connectivity index (χ1v) is 5.16. The average Bonchev–Trinajstić information content (AvgIpc) is 2.29. The number of hydrogen-bond acceptors (Lipinski definition) is 3. The molecule has 0 atom stereocenters. The van der Waals surface area contributed by atoms with Gasteiger partial charge in [-0.05, 0) is 24.3 Å². The number of phenolic OH excluding ortho intramolecular Hbond substituents is 1. The highest BCUT2D eigenvalue weighted by atomic mass is 35.5. The van der Waals surface area contributed by atoms with Crippen LogP contribution in [0.3, 0.4) is 0 Å². The van der Waals surface area contributed by atoms with Gasteiger partial charge < -0.3 is 16.2 Å². The number of para-hydroxylation sites is 1. The summed E-state index contributed by atoms with van der Waals surface area (Å²) in [4.78, 5) is 0. The highest BCUT2D eigenvalue weighted by molar-refractivity contribution is 6.00. The third kappa shape index (κ3) is 3.15. The number of rotatable bonds is 3. The second-order valence-electron chi connectivity index (χ2n) is 3.63. The summed E-state index contributed by atoms with van der Waals surface area (Å²) >= 11 is 0. The molecule has 0 spiro atoms. The normalized spacial score (nSPS) is 9.33. The number of halogens is 1. The van der Waals surface area contributed by atoms with Gasteiger partial charge in [0.25, 0.3) is 0 Å². The minimum atomic E-state index is 0. The minimum absolute atomic E-state index is 0. The van der Waals surface area contributed by atoms with Crippen molar-refractivity contribution in [3.63, 3.8) is 0 Å². The Morgan fingerprint density at radius 1 is 1.11 bits per heavy atom. The first-order valence-electron chi connectivity index (χ1n) is 5.16. The number of aromatic hydroxyl groups is 1. The van der Waals surface area contributed by atoms with Crippen LogP contribution in [0, 0.1) is 5.41 Å². The van der Waals surface area contributed by atoms with E-state index in [0.29, 0.717) is 5.56 Å². The zero-order valence-electron chi connectivity index (χ0n) is 9.55. The summed E-state index contributed by atoms with van der Waals surface area (Å²) < 4.78 is 0. The second kappa shape index (κ2) is 5.93. The number of hydrogen-bond donors (Lipinski definition) is 4. The fourth-order valence-electron chi connectivity index (χ4n) is 1.57. The first-order chi connectivity index (χ1) is 8.16. The summed E-state index contributed by atoms with van der Waals surface area (Å²) in [5.41, 5.74) is 7.62. The Bertz CT molecular complexity index is 557. The van der Waals surface area contributed by atoms with Crippen molar-refractivity contribution < 1.29 is 5.11 Å². The van der Waals surface area contributed by atoms with E-state index in [2.05, 4.69) is 5.32 Å². The third-order valence-corrected chi connectivity index (χ3v) is 2.34. The average molecular weight is 264 g/mol. The van der Waals surface area contributed by atoms with E-state index < -0.39 is 0 Å². The summed E-state index contributed by atoms with van der Waals surface area (Å²) in [7, 11) is 0. The van der Waals surface area contributed by atoms with Gasteiger partial charge in [0.1, 0.15) is 11.6 Å². The van der Waals surface area contributed by atoms with Crippen LogP contribution in [0.2, 0.25) is 0 Å². The van der Waals surface area contributed by atoms with E-state index in [4.69, 9.17) is 11.1 Å². The maximum Gasteiger partial charge on any atom is 0.124 e. The van der Waals surface area contributed by atoms with Crippen LogP contribution < -0.4 is 11.1 Å². The molecule has 0 aliphatic heterocycles. The number of nitrogens with two attached hydrogens (primary N) is 1. The Morgan fingerprint density at radius 2 is 1.83 bits per heavy atom. The molecule has 0 saturated carbocycles. The van der Waals surface area contributed by atoms with Gasteiger partial charge in [-0.25, -0.2) is 0 Å². The van der Waals surface area contributed by atoms with Gasteiger partial charge in [0, 0.05) is 23.0 Å². The Hall–Kier alpha value is -2.20. The lowest BCUT2D eigenvalue weighted by Gasteiger charge is -2.11. The van der Waals surface area contributed by atoms with Crippen molar-refractivity contribution in [2.45, 2.75) is 0 Å². The molecular weight excluding hydrogens is 250 g/mol. The summed E-state index contributed by atoms with van der Waals surface area (Å²) in [5, 5.41) is 19.9. The van der Waals surface area contributed by atoms with Crippen LogP contribution in [-0.4, -0.2) is 10.9 Å². The zero-order chi connectivity index (χ0) is 12.3. The molecule has 5 N–H and O–H groups in total. The second-order valence-corrected chi connectivity index (χ2v) is 3.63. The standard InChI is InChI=1S/C13H13N3O.ClH/c14-13(15)11-6-1-2-7-12(11)16-9-4-3-5-10(17)8-9;/h1-8,16-17H,(H3,14,15);1H. The number of nitrogen functional groups attached to an aromatic ring is 1. The van der Waals surface area contributed by atoms with E-state index in [-0.39, 0.29) is 24.0 Å². The summed E-state index contributed by atoms with van der Waals surface area (Å²) in [6, 6.07) is 14.1. The Kier molecular flexibility index (Phi) is 4.57. The molecule has 0 heterocycles. The molecule has 94 valence electrons. The molecule has 2 rings (SSSR count). The van der Waals surface area contributed by atoms with Crippen LogP contribution in [0.5, 0.6) is 5.75 Å². The lowest BCUT2D eigenvalue weighted by atomic mass is 10.1. The monoisotopic (exact) mass is 263 g/mol. The van der Waals surface area contributed by atoms with Gasteiger partial charge in [-0.3, -0.25) is 5.41 Å². The number of phenols is 1.